The van der Waals surface area contributed by atoms with E-state index in [-0.39, 0.29) is 12.2 Å². The highest BCUT2D eigenvalue weighted by Gasteiger charge is 2.11. The van der Waals surface area contributed by atoms with Crippen LogP contribution in [0.1, 0.15) is 15.9 Å². The fraction of sp³-hybridized carbons (Fsp3) is 0.133. The van der Waals surface area contributed by atoms with E-state index in [9.17, 15) is 13.6 Å². The zero-order valence-corrected chi connectivity index (χ0v) is 11.2. The van der Waals surface area contributed by atoms with E-state index >= 15 is 0 Å². The highest BCUT2D eigenvalue weighted by Crippen LogP contribution is 2.19. The number of methoxy groups -OCH3 is 1. The molecule has 2 aromatic rings. The third-order valence-electron chi connectivity index (χ3n) is 2.75. The minimum absolute atomic E-state index is 0.173. The maximum absolute atomic E-state index is 13.0. The molecule has 2 N–H and O–H groups in total. The normalized spacial score (nSPS) is 10.2. The lowest BCUT2D eigenvalue weighted by Gasteiger charge is -2.08. The van der Waals surface area contributed by atoms with Crippen LogP contribution in [0, 0.1) is 11.6 Å². The van der Waals surface area contributed by atoms with Crippen molar-refractivity contribution in [2.24, 2.45) is 0 Å². The summed E-state index contributed by atoms with van der Waals surface area (Å²) in [5.41, 5.74) is 6.56. The summed E-state index contributed by atoms with van der Waals surface area (Å²) in [4.78, 5) is 11.9. The molecule has 2 rings (SSSR count). The molecule has 0 saturated carbocycles. The van der Waals surface area contributed by atoms with Gasteiger partial charge in [-0.1, -0.05) is 6.07 Å². The summed E-state index contributed by atoms with van der Waals surface area (Å²) >= 11 is 0. The van der Waals surface area contributed by atoms with Crippen LogP contribution in [0.2, 0.25) is 0 Å². The van der Waals surface area contributed by atoms with E-state index in [2.05, 4.69) is 0 Å². The predicted molar refractivity (Wildman–Crippen MR) is 72.9 cm³/mol. The second-order valence-corrected chi connectivity index (χ2v) is 4.32. The number of nitrogen functional groups attached to an aromatic ring is 1. The molecule has 0 bridgehead atoms. The van der Waals surface area contributed by atoms with Crippen LogP contribution >= 0.6 is 0 Å². The van der Waals surface area contributed by atoms with Gasteiger partial charge in [0.15, 0.2) is 11.6 Å². The summed E-state index contributed by atoms with van der Waals surface area (Å²) in [6.45, 7) is -0.173. The number of halogens is 2. The van der Waals surface area contributed by atoms with Crippen molar-refractivity contribution in [3.63, 3.8) is 0 Å². The Bertz CT molecular complexity index is 674. The molecular formula is C15H13F2NO3. The van der Waals surface area contributed by atoms with Gasteiger partial charge in [-0.15, -0.1) is 0 Å². The topological polar surface area (TPSA) is 61.5 Å². The molecule has 0 aromatic heterocycles. The largest absolute Gasteiger partial charge is 0.497 e. The van der Waals surface area contributed by atoms with Gasteiger partial charge in [-0.05, 0) is 29.8 Å². The molecule has 0 fully saturated rings. The second-order valence-electron chi connectivity index (χ2n) is 4.32. The molecule has 0 spiro atoms. The van der Waals surface area contributed by atoms with E-state index in [1.807, 2.05) is 0 Å². The van der Waals surface area contributed by atoms with E-state index in [0.29, 0.717) is 17.0 Å². The van der Waals surface area contributed by atoms with E-state index in [1.54, 1.807) is 6.07 Å². The molecule has 21 heavy (non-hydrogen) atoms. The van der Waals surface area contributed by atoms with Crippen molar-refractivity contribution in [1.29, 1.82) is 0 Å². The molecule has 0 aliphatic rings. The van der Waals surface area contributed by atoms with Crippen molar-refractivity contribution in [3.05, 3.63) is 59.2 Å². The van der Waals surface area contributed by atoms with Gasteiger partial charge in [-0.3, -0.25) is 0 Å². The zero-order chi connectivity index (χ0) is 15.4. The van der Waals surface area contributed by atoms with E-state index < -0.39 is 17.6 Å². The van der Waals surface area contributed by atoms with Gasteiger partial charge >= 0.3 is 5.97 Å². The third kappa shape index (κ3) is 3.68. The van der Waals surface area contributed by atoms with E-state index in [0.717, 1.165) is 12.1 Å². The summed E-state index contributed by atoms with van der Waals surface area (Å²) in [5.74, 6) is -2.15. The van der Waals surface area contributed by atoms with Gasteiger partial charge in [0.05, 0.1) is 12.7 Å². The average Bonchev–Trinajstić information content (AvgIpc) is 2.47. The summed E-state index contributed by atoms with van der Waals surface area (Å²) in [7, 11) is 1.45. The first-order valence-electron chi connectivity index (χ1n) is 6.05. The van der Waals surface area contributed by atoms with Gasteiger partial charge in [-0.2, -0.15) is 0 Å². The lowest BCUT2D eigenvalue weighted by atomic mass is 10.2. The maximum atomic E-state index is 13.0. The fourth-order valence-corrected chi connectivity index (χ4v) is 1.72. The molecule has 0 atom stereocenters. The molecule has 110 valence electrons. The van der Waals surface area contributed by atoms with Crippen LogP contribution in [0.5, 0.6) is 5.75 Å². The van der Waals surface area contributed by atoms with Gasteiger partial charge in [0, 0.05) is 11.8 Å². The lowest BCUT2D eigenvalue weighted by Crippen LogP contribution is -2.06. The first-order chi connectivity index (χ1) is 9.99. The first kappa shape index (κ1) is 14.8. The molecule has 0 unspecified atom stereocenters. The van der Waals surface area contributed by atoms with E-state index in [4.69, 9.17) is 15.2 Å². The van der Waals surface area contributed by atoms with Gasteiger partial charge in [-0.25, -0.2) is 13.6 Å². The predicted octanol–water partition coefficient (Wildman–Crippen LogP) is 2.91. The number of rotatable bonds is 4. The fourth-order valence-electron chi connectivity index (χ4n) is 1.72. The molecule has 0 aliphatic carbocycles. The van der Waals surface area contributed by atoms with Crippen LogP contribution in [0.15, 0.2) is 36.4 Å². The quantitative estimate of drug-likeness (QED) is 0.695. The van der Waals surface area contributed by atoms with Gasteiger partial charge in [0.2, 0.25) is 0 Å². The van der Waals surface area contributed by atoms with Crippen LogP contribution in [-0.2, 0) is 11.3 Å². The van der Waals surface area contributed by atoms with Gasteiger partial charge < -0.3 is 15.2 Å². The zero-order valence-electron chi connectivity index (χ0n) is 11.2. The van der Waals surface area contributed by atoms with Crippen molar-refractivity contribution in [3.8, 4) is 5.75 Å². The highest BCUT2D eigenvalue weighted by molar-refractivity contribution is 5.91. The number of hydrogen-bond acceptors (Lipinski definition) is 4. The van der Waals surface area contributed by atoms with Gasteiger partial charge in [0.25, 0.3) is 0 Å². The van der Waals surface area contributed by atoms with Crippen LogP contribution in [0.4, 0.5) is 14.5 Å². The molecule has 0 aliphatic heterocycles. The molecule has 0 saturated heterocycles. The van der Waals surface area contributed by atoms with Crippen molar-refractivity contribution < 1.29 is 23.0 Å². The summed E-state index contributed by atoms with van der Waals surface area (Å²) < 4.78 is 35.8. The number of nitrogens with two attached hydrogens (primary N) is 1. The lowest BCUT2D eigenvalue weighted by molar-refractivity contribution is 0.0472. The van der Waals surface area contributed by atoms with E-state index in [1.165, 1.54) is 25.3 Å². The Hall–Kier alpha value is -2.63. The average molecular weight is 293 g/mol. The first-order valence-corrected chi connectivity index (χ1v) is 6.05. The molecule has 6 heteroatoms. The minimum Gasteiger partial charge on any atom is -0.497 e. The Labute approximate surface area is 120 Å². The number of hydrogen-bond donors (Lipinski definition) is 1. The standard InChI is InChI=1S/C15H13F2NO3/c1-20-12-6-10(5-11(18)7-12)15(19)21-8-9-2-3-13(16)14(17)4-9/h2-7H,8,18H2,1H3. The molecule has 0 radical (unpaired) electrons. The SMILES string of the molecule is COc1cc(N)cc(C(=O)OCc2ccc(F)c(F)c2)c1. The van der Waals surface area contributed by atoms with Crippen molar-refractivity contribution in [1.82, 2.24) is 0 Å². The van der Waals surface area contributed by atoms with Crippen LogP contribution in [-0.4, -0.2) is 13.1 Å². The second kappa shape index (κ2) is 6.21. The molecule has 4 nitrogen and oxygen atoms in total. The molecular weight excluding hydrogens is 280 g/mol. The van der Waals surface area contributed by atoms with Crippen molar-refractivity contribution >= 4 is 11.7 Å². The Kier molecular flexibility index (Phi) is 4.37. The third-order valence-corrected chi connectivity index (χ3v) is 2.75. The van der Waals surface area contributed by atoms with Crippen molar-refractivity contribution in [2.45, 2.75) is 6.61 Å². The van der Waals surface area contributed by atoms with Crippen LogP contribution < -0.4 is 10.5 Å². The molecule has 0 heterocycles. The number of esters is 1. The number of ether oxygens (including phenoxy) is 2. The minimum atomic E-state index is -0.992. The number of anilines is 1. The maximum Gasteiger partial charge on any atom is 0.338 e. The number of carbonyl (C=O) groups is 1. The Morgan fingerprint density at radius 1 is 1.14 bits per heavy atom. The Balaban J connectivity index is 2.07. The molecule has 2 aromatic carbocycles. The molecule has 0 amide bonds. The monoisotopic (exact) mass is 293 g/mol. The highest BCUT2D eigenvalue weighted by atomic mass is 19.2. The number of benzene rings is 2. The Morgan fingerprint density at radius 3 is 2.57 bits per heavy atom. The summed E-state index contributed by atoms with van der Waals surface area (Å²) in [6, 6.07) is 7.77. The van der Waals surface area contributed by atoms with Crippen molar-refractivity contribution in [2.75, 3.05) is 12.8 Å². The van der Waals surface area contributed by atoms with Crippen LogP contribution in [0.25, 0.3) is 0 Å². The summed E-state index contributed by atoms with van der Waals surface area (Å²) in [5, 5.41) is 0. The smallest absolute Gasteiger partial charge is 0.338 e. The summed E-state index contributed by atoms with van der Waals surface area (Å²) in [6.07, 6.45) is 0. The Morgan fingerprint density at radius 2 is 1.90 bits per heavy atom. The number of carbonyl (C=O) groups excluding carboxylic acids is 1. The van der Waals surface area contributed by atoms with Crippen LogP contribution in [0.3, 0.4) is 0 Å². The van der Waals surface area contributed by atoms with Gasteiger partial charge in [0.1, 0.15) is 12.4 Å².